The zero-order chi connectivity index (χ0) is 8.81. The van der Waals surface area contributed by atoms with Crippen LogP contribution < -0.4 is 5.32 Å². The highest BCUT2D eigenvalue weighted by Crippen LogP contribution is 2.21. The van der Waals surface area contributed by atoms with Crippen molar-refractivity contribution in [3.05, 3.63) is 21.3 Å². The lowest BCUT2D eigenvalue weighted by Crippen LogP contribution is -2.19. The molecule has 0 fully saturated rings. The van der Waals surface area contributed by atoms with Crippen molar-refractivity contribution in [1.29, 1.82) is 0 Å². The van der Waals surface area contributed by atoms with Crippen molar-refractivity contribution in [2.24, 2.45) is 0 Å². The van der Waals surface area contributed by atoms with Crippen LogP contribution in [0.4, 0.5) is 0 Å². The Hall–Kier alpha value is -0.0900. The van der Waals surface area contributed by atoms with Crippen molar-refractivity contribution in [2.75, 3.05) is 20.4 Å². The van der Waals surface area contributed by atoms with Crippen LogP contribution >= 0.6 is 22.9 Å². The van der Waals surface area contributed by atoms with Crippen LogP contribution in [0.2, 0.25) is 4.34 Å². The zero-order valence-corrected chi connectivity index (χ0v) is 8.54. The predicted molar refractivity (Wildman–Crippen MR) is 52.9 cm³/mol. The van der Waals surface area contributed by atoms with Crippen LogP contribution in [0.15, 0.2) is 12.1 Å². The van der Waals surface area contributed by atoms with Gasteiger partial charge in [-0.25, -0.2) is 0 Å². The third-order valence-corrected chi connectivity index (χ3v) is 2.71. The van der Waals surface area contributed by atoms with Gasteiger partial charge in [0.1, 0.15) is 0 Å². The van der Waals surface area contributed by atoms with Gasteiger partial charge in [-0.2, -0.15) is 0 Å². The molecule has 0 aliphatic carbocycles. The van der Waals surface area contributed by atoms with E-state index in [9.17, 15) is 0 Å². The van der Waals surface area contributed by atoms with E-state index in [1.807, 2.05) is 6.07 Å². The lowest BCUT2D eigenvalue weighted by Gasteiger charge is -2.00. The Kier molecular flexibility index (Phi) is 4.61. The fraction of sp³-hybridized carbons (Fsp3) is 0.500. The molecule has 2 nitrogen and oxygen atoms in total. The largest absolute Gasteiger partial charge is 0.370 e. The Morgan fingerprint density at radius 2 is 2.42 bits per heavy atom. The number of halogens is 1. The van der Waals surface area contributed by atoms with Gasteiger partial charge in [0, 0.05) is 18.5 Å². The first-order valence-corrected chi connectivity index (χ1v) is 4.96. The summed E-state index contributed by atoms with van der Waals surface area (Å²) in [4.78, 5) is 1.31. The molecule has 0 aliphatic rings. The number of thiophene rings is 1. The van der Waals surface area contributed by atoms with Crippen molar-refractivity contribution < 1.29 is 4.74 Å². The van der Waals surface area contributed by atoms with Crippen LogP contribution in [0.3, 0.4) is 0 Å². The molecule has 0 amide bonds. The minimum absolute atomic E-state index is 0.610. The summed E-state index contributed by atoms with van der Waals surface area (Å²) in [6, 6.07) is 3.99. The van der Waals surface area contributed by atoms with Gasteiger partial charge in [0.2, 0.25) is 0 Å². The minimum Gasteiger partial charge on any atom is -0.370 e. The van der Waals surface area contributed by atoms with Crippen LogP contribution in [0.5, 0.6) is 0 Å². The van der Waals surface area contributed by atoms with E-state index in [4.69, 9.17) is 16.3 Å². The van der Waals surface area contributed by atoms with Crippen LogP contribution in [0, 0.1) is 0 Å². The summed E-state index contributed by atoms with van der Waals surface area (Å²) >= 11 is 7.40. The summed E-state index contributed by atoms with van der Waals surface area (Å²) in [5, 5.41) is 3.13. The van der Waals surface area contributed by atoms with Crippen molar-refractivity contribution >= 4 is 22.9 Å². The molecule has 0 radical (unpaired) electrons. The normalized spacial score (nSPS) is 10.5. The summed E-state index contributed by atoms with van der Waals surface area (Å²) in [5.41, 5.74) is 0. The molecule has 0 spiro atoms. The van der Waals surface area contributed by atoms with Crippen LogP contribution in [-0.2, 0) is 11.2 Å². The number of nitrogens with one attached hydrogen (secondary N) is 1. The Morgan fingerprint density at radius 1 is 1.58 bits per heavy atom. The number of ether oxygens (including phenoxy) is 1. The van der Waals surface area contributed by atoms with Gasteiger partial charge in [-0.15, -0.1) is 11.3 Å². The standard InChI is InChI=1S/C8H12ClNOS/c1-11-6-10-5-4-7-2-3-8(9)12-7/h2-3,10H,4-6H2,1H3. The van der Waals surface area contributed by atoms with Gasteiger partial charge < -0.3 is 4.74 Å². The second-order valence-electron chi connectivity index (χ2n) is 2.39. The lowest BCUT2D eigenvalue weighted by atomic mass is 10.3. The first-order chi connectivity index (χ1) is 5.83. The predicted octanol–water partition coefficient (Wildman–Crippen LogP) is 2.14. The van der Waals surface area contributed by atoms with Crippen molar-refractivity contribution in [1.82, 2.24) is 5.32 Å². The molecule has 0 saturated heterocycles. The first-order valence-electron chi connectivity index (χ1n) is 3.77. The summed E-state index contributed by atoms with van der Waals surface area (Å²) < 4.78 is 5.71. The molecule has 1 aromatic heterocycles. The van der Waals surface area contributed by atoms with Gasteiger partial charge in [0.15, 0.2) is 0 Å². The maximum atomic E-state index is 5.77. The van der Waals surface area contributed by atoms with E-state index in [0.29, 0.717) is 6.73 Å². The van der Waals surface area contributed by atoms with E-state index in [-0.39, 0.29) is 0 Å². The van der Waals surface area contributed by atoms with Gasteiger partial charge in [0.25, 0.3) is 0 Å². The number of hydrogen-bond donors (Lipinski definition) is 1. The third kappa shape index (κ3) is 3.54. The molecule has 1 heterocycles. The maximum absolute atomic E-state index is 5.77. The summed E-state index contributed by atoms with van der Waals surface area (Å²) in [5.74, 6) is 0. The molecule has 0 aliphatic heterocycles. The number of rotatable bonds is 5. The van der Waals surface area contributed by atoms with E-state index in [2.05, 4.69) is 11.4 Å². The Bertz CT molecular complexity index is 227. The van der Waals surface area contributed by atoms with Crippen molar-refractivity contribution in [3.63, 3.8) is 0 Å². The van der Waals surface area contributed by atoms with E-state index < -0.39 is 0 Å². The van der Waals surface area contributed by atoms with Crippen LogP contribution in [0.25, 0.3) is 0 Å². The molecule has 0 unspecified atom stereocenters. The van der Waals surface area contributed by atoms with Crippen LogP contribution in [0.1, 0.15) is 4.88 Å². The summed E-state index contributed by atoms with van der Waals surface area (Å²) in [6.07, 6.45) is 1.01. The molecule has 4 heteroatoms. The molecule has 1 rings (SSSR count). The second-order valence-corrected chi connectivity index (χ2v) is 4.19. The molecule has 68 valence electrons. The fourth-order valence-corrected chi connectivity index (χ4v) is 1.96. The Morgan fingerprint density at radius 3 is 3.00 bits per heavy atom. The number of methoxy groups -OCH3 is 1. The van der Waals surface area contributed by atoms with Gasteiger partial charge in [-0.05, 0) is 18.6 Å². The highest BCUT2D eigenvalue weighted by Gasteiger charge is 1.96. The maximum Gasteiger partial charge on any atom is 0.0961 e. The van der Waals surface area contributed by atoms with E-state index >= 15 is 0 Å². The minimum atomic E-state index is 0.610. The van der Waals surface area contributed by atoms with Gasteiger partial charge >= 0.3 is 0 Å². The monoisotopic (exact) mass is 205 g/mol. The van der Waals surface area contributed by atoms with Gasteiger partial charge in [0.05, 0.1) is 11.1 Å². The summed E-state index contributed by atoms with van der Waals surface area (Å²) in [7, 11) is 1.68. The van der Waals surface area contributed by atoms with E-state index in [0.717, 1.165) is 17.3 Å². The van der Waals surface area contributed by atoms with E-state index in [1.54, 1.807) is 18.4 Å². The molecule has 1 aromatic rings. The molecule has 0 aromatic carbocycles. The quantitative estimate of drug-likeness (QED) is 0.588. The summed E-state index contributed by atoms with van der Waals surface area (Å²) in [6.45, 7) is 1.55. The molecular weight excluding hydrogens is 194 g/mol. The molecule has 0 bridgehead atoms. The lowest BCUT2D eigenvalue weighted by molar-refractivity contribution is 0.176. The molecule has 12 heavy (non-hydrogen) atoms. The third-order valence-electron chi connectivity index (χ3n) is 1.42. The Balaban J connectivity index is 2.15. The molecule has 0 atom stereocenters. The van der Waals surface area contributed by atoms with Crippen molar-refractivity contribution in [3.8, 4) is 0 Å². The average Bonchev–Trinajstić information content (AvgIpc) is 2.45. The topological polar surface area (TPSA) is 21.3 Å². The zero-order valence-electron chi connectivity index (χ0n) is 6.97. The smallest absolute Gasteiger partial charge is 0.0961 e. The average molecular weight is 206 g/mol. The highest BCUT2D eigenvalue weighted by atomic mass is 35.5. The SMILES string of the molecule is COCNCCc1ccc(Cl)s1. The fourth-order valence-electron chi connectivity index (χ4n) is 0.872. The highest BCUT2D eigenvalue weighted by molar-refractivity contribution is 7.16. The molecule has 0 saturated carbocycles. The Labute approximate surface area is 81.5 Å². The molecule has 1 N–H and O–H groups in total. The van der Waals surface area contributed by atoms with Gasteiger partial charge in [-0.3, -0.25) is 5.32 Å². The van der Waals surface area contributed by atoms with Gasteiger partial charge in [-0.1, -0.05) is 11.6 Å². The first kappa shape index (κ1) is 9.99. The second kappa shape index (κ2) is 5.54. The van der Waals surface area contributed by atoms with E-state index in [1.165, 1.54) is 4.88 Å². The number of hydrogen-bond acceptors (Lipinski definition) is 3. The van der Waals surface area contributed by atoms with Crippen molar-refractivity contribution in [2.45, 2.75) is 6.42 Å². The van der Waals surface area contributed by atoms with Crippen LogP contribution in [-0.4, -0.2) is 20.4 Å². The molecular formula is C8H12ClNOS.